The maximum atomic E-state index is 14.3. The van der Waals surface area contributed by atoms with Crippen LogP contribution in [0.2, 0.25) is 0 Å². The SMILES string of the molecule is N#CNC(=O)[C@@]12C[C@@H]1/C=C\CCCCC[C@H](NC(=O)OCC(F)(F)F)C(=O)N1C[C@H](OC(=O)N3Cc4cccc(F)c4C3)CC1C(=O)N2. The summed E-state index contributed by atoms with van der Waals surface area (Å²) in [7, 11) is 0. The summed E-state index contributed by atoms with van der Waals surface area (Å²) < 4.78 is 62.3. The van der Waals surface area contributed by atoms with Gasteiger partial charge in [0, 0.05) is 24.4 Å². The number of carbonyl (C=O) groups is 5. The zero-order chi connectivity index (χ0) is 34.6. The van der Waals surface area contributed by atoms with Gasteiger partial charge < -0.3 is 25.0 Å². The Kier molecular flexibility index (Phi) is 10.1. The van der Waals surface area contributed by atoms with Crippen LogP contribution in [-0.4, -0.2) is 82.8 Å². The van der Waals surface area contributed by atoms with Gasteiger partial charge in [-0.05, 0) is 37.3 Å². The number of fused-ring (bicyclic) bond motifs is 3. The second-order valence-electron chi connectivity index (χ2n) is 12.3. The summed E-state index contributed by atoms with van der Waals surface area (Å²) in [5, 5.41) is 16.0. The van der Waals surface area contributed by atoms with Crippen molar-refractivity contribution in [2.75, 3.05) is 13.2 Å². The Bertz CT molecular complexity index is 1530. The fourth-order valence-electron chi connectivity index (χ4n) is 6.39. The second kappa shape index (κ2) is 14.1. The average molecular weight is 679 g/mol. The molecule has 4 aliphatic rings. The number of hydrogen-bond acceptors (Lipinski definition) is 8. The number of nitrogens with zero attached hydrogens (tertiary/aromatic N) is 3. The molecule has 1 saturated carbocycles. The van der Waals surface area contributed by atoms with E-state index in [1.165, 1.54) is 17.0 Å². The molecule has 5 atom stereocenters. The van der Waals surface area contributed by atoms with Gasteiger partial charge in [0.1, 0.15) is 29.5 Å². The minimum absolute atomic E-state index is 0.00764. The highest BCUT2D eigenvalue weighted by Gasteiger charge is 2.61. The summed E-state index contributed by atoms with van der Waals surface area (Å²) in [4.78, 5) is 68.5. The highest BCUT2D eigenvalue weighted by atomic mass is 19.4. The minimum Gasteiger partial charge on any atom is -0.444 e. The van der Waals surface area contributed by atoms with Crippen molar-refractivity contribution in [1.29, 1.82) is 5.26 Å². The quantitative estimate of drug-likeness (QED) is 0.189. The Labute approximate surface area is 272 Å². The van der Waals surface area contributed by atoms with Gasteiger partial charge in [0.25, 0.3) is 5.91 Å². The number of hydrogen-bond donors (Lipinski definition) is 3. The molecule has 17 heteroatoms. The van der Waals surface area contributed by atoms with E-state index in [0.29, 0.717) is 36.8 Å². The maximum Gasteiger partial charge on any atom is 0.422 e. The fraction of sp³-hybridized carbons (Fsp3) is 0.548. The highest BCUT2D eigenvalue weighted by molar-refractivity contribution is 5.98. The van der Waals surface area contributed by atoms with Crippen LogP contribution in [0.5, 0.6) is 0 Å². The van der Waals surface area contributed by atoms with Crippen LogP contribution >= 0.6 is 0 Å². The second-order valence-corrected chi connectivity index (χ2v) is 12.3. The lowest BCUT2D eigenvalue weighted by Crippen LogP contribution is -2.57. The predicted octanol–water partition coefficient (Wildman–Crippen LogP) is 2.90. The summed E-state index contributed by atoms with van der Waals surface area (Å²) in [5.41, 5.74) is -0.540. The summed E-state index contributed by atoms with van der Waals surface area (Å²) in [6.07, 6.45) is -0.807. The molecule has 1 aromatic carbocycles. The summed E-state index contributed by atoms with van der Waals surface area (Å²) >= 11 is 0. The highest BCUT2D eigenvalue weighted by Crippen LogP contribution is 2.45. The number of halogens is 4. The van der Waals surface area contributed by atoms with Crippen LogP contribution in [0.15, 0.2) is 30.4 Å². The summed E-state index contributed by atoms with van der Waals surface area (Å²) in [6, 6.07) is 1.74. The largest absolute Gasteiger partial charge is 0.444 e. The molecule has 258 valence electrons. The Balaban J connectivity index is 1.38. The molecule has 1 aliphatic carbocycles. The number of carbonyl (C=O) groups excluding carboxylic acids is 5. The van der Waals surface area contributed by atoms with Crippen molar-refractivity contribution < 1.29 is 51.0 Å². The van der Waals surface area contributed by atoms with Gasteiger partial charge in [-0.15, -0.1) is 0 Å². The number of alkyl carbamates (subject to hydrolysis) is 1. The van der Waals surface area contributed by atoms with E-state index in [9.17, 15) is 41.5 Å². The Morgan fingerprint density at radius 1 is 1.15 bits per heavy atom. The molecule has 1 saturated heterocycles. The molecule has 5 rings (SSSR count). The zero-order valence-corrected chi connectivity index (χ0v) is 25.7. The van der Waals surface area contributed by atoms with E-state index in [4.69, 9.17) is 10.00 Å². The summed E-state index contributed by atoms with van der Waals surface area (Å²) in [6.45, 7) is -2.19. The smallest absolute Gasteiger partial charge is 0.422 e. The van der Waals surface area contributed by atoms with E-state index in [1.807, 2.05) is 6.08 Å². The standard InChI is InChI=1S/C31H34F4N6O7/c32-22-9-6-7-18-13-40(15-21(18)22)29(46)48-20-11-24-25(42)39-30(27(44)37-17-36)12-19(30)8-4-2-1-3-5-10-23(26(43)41(24)14-20)38-28(45)47-16-31(33,34)35/h4,6-9,19-20,23-24H,1-3,5,10-16H2,(H,37,44)(H,38,45)(H,39,42)/b8-4-/t19-,20+,23-,24?,30+/m0/s1. The zero-order valence-electron chi connectivity index (χ0n) is 25.7. The third-order valence-corrected chi connectivity index (χ3v) is 8.92. The lowest BCUT2D eigenvalue weighted by molar-refractivity contribution is -0.160. The molecule has 0 bridgehead atoms. The number of nitriles is 1. The van der Waals surface area contributed by atoms with Crippen molar-refractivity contribution in [2.24, 2.45) is 5.92 Å². The van der Waals surface area contributed by atoms with Gasteiger partial charge in [-0.25, -0.2) is 14.0 Å². The van der Waals surface area contributed by atoms with E-state index < -0.39 is 78.2 Å². The lowest BCUT2D eigenvalue weighted by atomic mass is 10.1. The third-order valence-electron chi connectivity index (χ3n) is 8.92. The molecule has 3 N–H and O–H groups in total. The molecule has 48 heavy (non-hydrogen) atoms. The van der Waals surface area contributed by atoms with Crippen molar-refractivity contribution in [3.63, 3.8) is 0 Å². The van der Waals surface area contributed by atoms with Crippen LogP contribution in [0.1, 0.15) is 56.1 Å². The Morgan fingerprint density at radius 2 is 1.94 bits per heavy atom. The minimum atomic E-state index is -4.80. The normalized spacial score (nSPS) is 27.9. The Hall–Kier alpha value is -4.88. The molecule has 1 unspecified atom stereocenters. The average Bonchev–Trinajstić information content (AvgIpc) is 3.33. The number of benzene rings is 1. The van der Waals surface area contributed by atoms with Crippen LogP contribution in [0.25, 0.3) is 0 Å². The van der Waals surface area contributed by atoms with Crippen LogP contribution in [0.3, 0.4) is 0 Å². The van der Waals surface area contributed by atoms with Gasteiger partial charge in [-0.1, -0.05) is 37.1 Å². The first-order valence-electron chi connectivity index (χ1n) is 15.5. The van der Waals surface area contributed by atoms with Gasteiger partial charge in [0.15, 0.2) is 12.8 Å². The molecule has 2 fully saturated rings. The maximum absolute atomic E-state index is 14.3. The summed E-state index contributed by atoms with van der Waals surface area (Å²) in [5.74, 6) is -3.29. The molecule has 1 aromatic rings. The van der Waals surface area contributed by atoms with Crippen LogP contribution in [-0.2, 0) is 36.9 Å². The van der Waals surface area contributed by atoms with Gasteiger partial charge in [0.05, 0.1) is 13.1 Å². The fourth-order valence-corrected chi connectivity index (χ4v) is 6.39. The molecule has 3 heterocycles. The topological polar surface area (TPSA) is 170 Å². The van der Waals surface area contributed by atoms with E-state index in [1.54, 1.807) is 18.3 Å². The van der Waals surface area contributed by atoms with Crippen LogP contribution < -0.4 is 16.0 Å². The van der Waals surface area contributed by atoms with Crippen molar-refractivity contribution in [1.82, 2.24) is 25.8 Å². The van der Waals surface area contributed by atoms with E-state index >= 15 is 0 Å². The molecule has 5 amide bonds. The Morgan fingerprint density at radius 3 is 2.67 bits per heavy atom. The molecule has 3 aliphatic heterocycles. The van der Waals surface area contributed by atoms with E-state index in [2.05, 4.69) is 20.7 Å². The van der Waals surface area contributed by atoms with Crippen molar-refractivity contribution >= 4 is 29.9 Å². The number of amides is 5. The number of alkyl halides is 3. The van der Waals surface area contributed by atoms with Gasteiger partial charge in [-0.2, -0.15) is 18.4 Å². The number of rotatable bonds is 4. The lowest BCUT2D eigenvalue weighted by Gasteiger charge is -2.29. The first kappa shape index (κ1) is 34.5. The predicted molar refractivity (Wildman–Crippen MR) is 155 cm³/mol. The molecular weight excluding hydrogens is 644 g/mol. The van der Waals surface area contributed by atoms with Crippen LogP contribution in [0, 0.1) is 23.2 Å². The first-order valence-corrected chi connectivity index (χ1v) is 15.5. The van der Waals surface area contributed by atoms with Crippen molar-refractivity contribution in [3.8, 4) is 6.19 Å². The van der Waals surface area contributed by atoms with Crippen molar-refractivity contribution in [3.05, 3.63) is 47.3 Å². The molecule has 13 nitrogen and oxygen atoms in total. The van der Waals surface area contributed by atoms with Gasteiger partial charge >= 0.3 is 18.4 Å². The number of nitrogens with one attached hydrogen (secondary N) is 3. The molecule has 0 spiro atoms. The van der Waals surface area contributed by atoms with E-state index in [0.717, 1.165) is 4.90 Å². The monoisotopic (exact) mass is 678 g/mol. The van der Waals surface area contributed by atoms with Crippen LogP contribution in [0.4, 0.5) is 27.2 Å². The third kappa shape index (κ3) is 7.80. The number of ether oxygens (including phenoxy) is 2. The van der Waals surface area contributed by atoms with E-state index in [-0.39, 0.29) is 38.9 Å². The molecular formula is C31H34F4N6O7. The molecule has 0 radical (unpaired) electrons. The van der Waals surface area contributed by atoms with Gasteiger partial charge in [0.2, 0.25) is 11.8 Å². The number of allylic oxidation sites excluding steroid dienone is 1. The van der Waals surface area contributed by atoms with Gasteiger partial charge in [-0.3, -0.25) is 24.6 Å². The molecule has 0 aromatic heterocycles. The first-order chi connectivity index (χ1) is 22.8. The van der Waals surface area contributed by atoms with Crippen molar-refractivity contribution in [2.45, 2.75) is 87.9 Å².